The molecule has 2 rings (SSSR count). The zero-order valence-electron chi connectivity index (χ0n) is 13.0. The summed E-state index contributed by atoms with van der Waals surface area (Å²) >= 11 is 0. The zero-order chi connectivity index (χ0) is 17.7. The van der Waals surface area contributed by atoms with E-state index in [1.54, 1.807) is 12.1 Å². The van der Waals surface area contributed by atoms with E-state index in [4.69, 9.17) is 10.00 Å². The van der Waals surface area contributed by atoms with E-state index in [-0.39, 0.29) is 16.7 Å². The van der Waals surface area contributed by atoms with Crippen molar-refractivity contribution in [3.05, 3.63) is 58.7 Å². The number of nitriles is 1. The maximum absolute atomic E-state index is 13.8. The van der Waals surface area contributed by atoms with Gasteiger partial charge in [0.05, 0.1) is 12.2 Å². The summed E-state index contributed by atoms with van der Waals surface area (Å²) < 4.78 is 33.0. The molecule has 0 atom stereocenters. The molecule has 0 saturated carbocycles. The highest BCUT2D eigenvalue weighted by atomic mass is 19.1. The molecule has 24 heavy (non-hydrogen) atoms. The fourth-order valence-corrected chi connectivity index (χ4v) is 2.34. The van der Waals surface area contributed by atoms with Crippen molar-refractivity contribution in [1.29, 1.82) is 5.26 Å². The van der Waals surface area contributed by atoms with Gasteiger partial charge in [-0.15, -0.1) is 0 Å². The van der Waals surface area contributed by atoms with Gasteiger partial charge in [-0.05, 0) is 48.2 Å². The lowest BCUT2D eigenvalue weighted by molar-refractivity contribution is 0.0697. The van der Waals surface area contributed by atoms with Crippen LogP contribution >= 0.6 is 0 Å². The van der Waals surface area contributed by atoms with Crippen molar-refractivity contribution in [3.8, 4) is 17.2 Å². The molecule has 2 aromatic carbocycles. The number of rotatable bonds is 6. The molecule has 4 nitrogen and oxygen atoms in total. The molecule has 0 fully saturated rings. The highest BCUT2D eigenvalue weighted by Crippen LogP contribution is 2.28. The van der Waals surface area contributed by atoms with Gasteiger partial charge in [-0.3, -0.25) is 0 Å². The first-order valence-corrected chi connectivity index (χ1v) is 7.31. The molecule has 0 heterocycles. The Morgan fingerprint density at radius 2 is 1.92 bits per heavy atom. The summed E-state index contributed by atoms with van der Waals surface area (Å²) in [6.07, 6.45) is 0.544. The first kappa shape index (κ1) is 17.6. The van der Waals surface area contributed by atoms with Crippen molar-refractivity contribution in [2.75, 3.05) is 13.2 Å². The van der Waals surface area contributed by atoms with Crippen LogP contribution in [0.4, 0.5) is 8.78 Å². The molecule has 0 saturated heterocycles. The number of ether oxygens (including phenoxy) is 1. The minimum atomic E-state index is -1.20. The van der Waals surface area contributed by atoms with Crippen LogP contribution in [-0.4, -0.2) is 24.3 Å². The molecule has 0 amide bonds. The van der Waals surface area contributed by atoms with Crippen molar-refractivity contribution in [2.24, 2.45) is 0 Å². The predicted molar refractivity (Wildman–Crippen MR) is 83.7 cm³/mol. The quantitative estimate of drug-likeness (QED) is 0.818. The fraction of sp³-hybridized carbons (Fsp3) is 0.222. The molecule has 1 N–H and O–H groups in total. The van der Waals surface area contributed by atoms with Crippen LogP contribution in [0.2, 0.25) is 0 Å². The lowest BCUT2D eigenvalue weighted by Gasteiger charge is -2.11. The second-order valence-corrected chi connectivity index (χ2v) is 5.06. The SMILES string of the molecule is CCOCCc1ccc(C(=O)O)c(-c2cc(F)c(C#N)c(F)c2)c1. The Hall–Kier alpha value is -2.78. The van der Waals surface area contributed by atoms with E-state index in [1.165, 1.54) is 12.1 Å². The molecule has 0 radical (unpaired) electrons. The van der Waals surface area contributed by atoms with E-state index < -0.39 is 23.2 Å². The van der Waals surface area contributed by atoms with Crippen molar-refractivity contribution in [3.63, 3.8) is 0 Å². The molecular weight excluding hydrogens is 316 g/mol. The molecule has 6 heteroatoms. The van der Waals surface area contributed by atoms with Gasteiger partial charge >= 0.3 is 5.97 Å². The van der Waals surface area contributed by atoms with Gasteiger partial charge in [0.1, 0.15) is 23.3 Å². The van der Waals surface area contributed by atoms with E-state index in [2.05, 4.69) is 0 Å². The summed E-state index contributed by atoms with van der Waals surface area (Å²) in [4.78, 5) is 11.4. The normalized spacial score (nSPS) is 10.4. The van der Waals surface area contributed by atoms with E-state index in [9.17, 15) is 18.7 Å². The summed E-state index contributed by atoms with van der Waals surface area (Å²) in [5.41, 5.74) is 0.286. The average molecular weight is 331 g/mol. The third kappa shape index (κ3) is 3.76. The van der Waals surface area contributed by atoms with Crippen LogP contribution in [0.15, 0.2) is 30.3 Å². The summed E-state index contributed by atoms with van der Waals surface area (Å²) in [5, 5.41) is 18.0. The monoisotopic (exact) mass is 331 g/mol. The maximum atomic E-state index is 13.8. The highest BCUT2D eigenvalue weighted by Gasteiger charge is 2.17. The Balaban J connectivity index is 2.52. The Kier molecular flexibility index (Phi) is 5.61. The summed E-state index contributed by atoms with van der Waals surface area (Å²) in [6, 6.07) is 7.99. The number of benzene rings is 2. The molecule has 0 aliphatic carbocycles. The maximum Gasteiger partial charge on any atom is 0.336 e. The summed E-state index contributed by atoms with van der Waals surface area (Å²) in [7, 11) is 0. The second kappa shape index (κ2) is 7.66. The van der Waals surface area contributed by atoms with Gasteiger partial charge in [0.25, 0.3) is 0 Å². The third-order valence-corrected chi connectivity index (χ3v) is 3.52. The van der Waals surface area contributed by atoms with Crippen molar-refractivity contribution in [1.82, 2.24) is 0 Å². The lowest BCUT2D eigenvalue weighted by Crippen LogP contribution is -2.03. The topological polar surface area (TPSA) is 70.3 Å². The Labute approximate surface area is 137 Å². The number of hydrogen-bond donors (Lipinski definition) is 1. The molecule has 0 spiro atoms. The van der Waals surface area contributed by atoms with E-state index in [1.807, 2.05) is 6.92 Å². The van der Waals surface area contributed by atoms with Crippen molar-refractivity contribution < 1.29 is 23.4 Å². The van der Waals surface area contributed by atoms with Crippen LogP contribution in [0.5, 0.6) is 0 Å². The van der Waals surface area contributed by atoms with Gasteiger partial charge in [-0.2, -0.15) is 5.26 Å². The van der Waals surface area contributed by atoms with Gasteiger partial charge < -0.3 is 9.84 Å². The number of nitrogens with zero attached hydrogens (tertiary/aromatic N) is 1. The van der Waals surface area contributed by atoms with Gasteiger partial charge in [-0.25, -0.2) is 13.6 Å². The van der Waals surface area contributed by atoms with Crippen LogP contribution in [0.3, 0.4) is 0 Å². The number of carbonyl (C=O) groups is 1. The Morgan fingerprint density at radius 3 is 2.46 bits per heavy atom. The second-order valence-electron chi connectivity index (χ2n) is 5.06. The average Bonchev–Trinajstić information content (AvgIpc) is 2.54. The van der Waals surface area contributed by atoms with Crippen molar-refractivity contribution >= 4 is 5.97 Å². The van der Waals surface area contributed by atoms with Crippen molar-refractivity contribution in [2.45, 2.75) is 13.3 Å². The molecule has 2 aromatic rings. The molecular formula is C18H15F2NO3. The first-order chi connectivity index (χ1) is 11.5. The number of aromatic carboxylic acids is 1. The molecule has 124 valence electrons. The summed E-state index contributed by atoms with van der Waals surface area (Å²) in [6.45, 7) is 2.88. The van der Waals surface area contributed by atoms with E-state index >= 15 is 0 Å². The van der Waals surface area contributed by atoms with Crippen LogP contribution in [0.25, 0.3) is 11.1 Å². The molecule has 0 aliphatic rings. The molecule has 0 aromatic heterocycles. The van der Waals surface area contributed by atoms with E-state index in [0.717, 1.165) is 17.7 Å². The van der Waals surface area contributed by atoms with Crippen LogP contribution in [-0.2, 0) is 11.2 Å². The predicted octanol–water partition coefficient (Wildman–Crippen LogP) is 3.78. The fourth-order valence-electron chi connectivity index (χ4n) is 2.34. The van der Waals surface area contributed by atoms with Crippen LogP contribution in [0.1, 0.15) is 28.4 Å². The Morgan fingerprint density at radius 1 is 1.25 bits per heavy atom. The first-order valence-electron chi connectivity index (χ1n) is 7.31. The highest BCUT2D eigenvalue weighted by molar-refractivity contribution is 5.96. The van der Waals surface area contributed by atoms with Gasteiger partial charge in [0.15, 0.2) is 0 Å². The zero-order valence-corrected chi connectivity index (χ0v) is 13.0. The van der Waals surface area contributed by atoms with E-state index in [0.29, 0.717) is 19.6 Å². The van der Waals surface area contributed by atoms with Crippen LogP contribution < -0.4 is 0 Å². The van der Waals surface area contributed by atoms with Gasteiger partial charge in [-0.1, -0.05) is 12.1 Å². The number of halogens is 2. The minimum Gasteiger partial charge on any atom is -0.478 e. The molecule has 0 bridgehead atoms. The Bertz CT molecular complexity index is 789. The number of hydrogen-bond acceptors (Lipinski definition) is 3. The lowest BCUT2D eigenvalue weighted by atomic mass is 9.95. The van der Waals surface area contributed by atoms with Crippen LogP contribution in [0, 0.1) is 23.0 Å². The van der Waals surface area contributed by atoms with Gasteiger partial charge in [0.2, 0.25) is 0 Å². The largest absolute Gasteiger partial charge is 0.478 e. The number of carboxylic acids is 1. The molecule has 0 aliphatic heterocycles. The minimum absolute atomic E-state index is 0.0691. The smallest absolute Gasteiger partial charge is 0.336 e. The number of carboxylic acid groups (broad SMARTS) is 1. The standard InChI is InChI=1S/C18H15F2NO3/c1-2-24-6-5-11-3-4-13(18(22)23)14(7-11)12-8-16(19)15(10-21)17(20)9-12/h3-4,7-9H,2,5-6H2,1H3,(H,22,23). The van der Waals surface area contributed by atoms with Gasteiger partial charge in [0, 0.05) is 6.61 Å². The summed E-state index contributed by atoms with van der Waals surface area (Å²) in [5.74, 6) is -3.25. The molecule has 0 unspecified atom stereocenters. The third-order valence-electron chi connectivity index (χ3n) is 3.52.